The smallest absolute Gasteiger partial charge is 0.326 e. The summed E-state index contributed by atoms with van der Waals surface area (Å²) < 4.78 is 5.82. The second-order valence-electron chi connectivity index (χ2n) is 6.55. The van der Waals surface area contributed by atoms with E-state index in [2.05, 4.69) is 43.9 Å². The maximum absolute atomic E-state index is 12.0. The number of carboxylic acids is 2. The van der Waals surface area contributed by atoms with Crippen LogP contribution in [-0.2, 0) is 19.1 Å². The average Bonchev–Trinajstić information content (AvgIpc) is 2.72. The number of halogens is 1. The van der Waals surface area contributed by atoms with Gasteiger partial charge in [0.15, 0.2) is 6.23 Å². The van der Waals surface area contributed by atoms with Crippen molar-refractivity contribution in [2.24, 2.45) is 0 Å². The summed E-state index contributed by atoms with van der Waals surface area (Å²) in [5.41, 5.74) is 0.653. The minimum Gasteiger partial charge on any atom is -0.481 e. The summed E-state index contributed by atoms with van der Waals surface area (Å²) in [6.07, 6.45) is -0.521. The van der Waals surface area contributed by atoms with Crippen molar-refractivity contribution in [2.45, 2.75) is 44.4 Å². The van der Waals surface area contributed by atoms with Crippen LogP contribution in [0.5, 0.6) is 0 Å². The molecular weight excluding hydrogens is 539 g/mol. The molecule has 0 unspecified atom stereocenters. The third-order valence-electron chi connectivity index (χ3n) is 4.04. The van der Waals surface area contributed by atoms with Crippen LogP contribution >= 0.6 is 22.6 Å². The van der Waals surface area contributed by atoms with Crippen LogP contribution in [0.15, 0.2) is 24.3 Å². The molecule has 0 radical (unpaired) electrons. The quantitative estimate of drug-likeness (QED) is 0.0854. The molecule has 12 nitrogen and oxygen atoms in total. The molecule has 1 rings (SSSR count). The Kier molecular flexibility index (Phi) is 12.5. The lowest BCUT2D eigenvalue weighted by atomic mass is 10.1. The van der Waals surface area contributed by atoms with Gasteiger partial charge in [-0.15, -0.1) is 0 Å². The Bertz CT molecular complexity index is 790. The zero-order chi connectivity index (χ0) is 23.9. The second-order valence-corrected chi connectivity index (χ2v) is 7.79. The van der Waals surface area contributed by atoms with E-state index < -0.39 is 36.7 Å². The van der Waals surface area contributed by atoms with Crippen LogP contribution in [0.2, 0.25) is 0 Å². The van der Waals surface area contributed by atoms with Crippen LogP contribution in [0.25, 0.3) is 0 Å². The molecule has 0 fully saturated rings. The van der Waals surface area contributed by atoms with Crippen LogP contribution in [0.4, 0.5) is 15.3 Å². The highest BCUT2D eigenvalue weighted by molar-refractivity contribution is 14.1. The lowest BCUT2D eigenvalue weighted by molar-refractivity contribution is -0.141. The molecule has 2 atom stereocenters. The predicted molar refractivity (Wildman–Crippen MR) is 121 cm³/mol. The SMILES string of the molecule is O=CO[C@H](CCCCNC(=O)Nc1ccc(I)cc1)NC(=O)N[C@@H](CCC(=O)O)C(=O)O. The van der Waals surface area contributed by atoms with E-state index in [-0.39, 0.29) is 25.3 Å². The number of hydrogen-bond donors (Lipinski definition) is 6. The largest absolute Gasteiger partial charge is 0.481 e. The van der Waals surface area contributed by atoms with E-state index in [0.717, 1.165) is 3.57 Å². The first-order valence-electron chi connectivity index (χ1n) is 9.62. The number of ether oxygens (including phenoxy) is 1. The highest BCUT2D eigenvalue weighted by Gasteiger charge is 2.22. The first-order valence-corrected chi connectivity index (χ1v) is 10.7. The zero-order valence-corrected chi connectivity index (χ0v) is 19.2. The molecular formula is C19H25IN4O8. The summed E-state index contributed by atoms with van der Waals surface area (Å²) in [7, 11) is 0. The van der Waals surface area contributed by atoms with Crippen LogP contribution < -0.4 is 21.3 Å². The van der Waals surface area contributed by atoms with Gasteiger partial charge in [-0.3, -0.25) is 9.59 Å². The standard InChI is InChI=1S/C19H25IN4O8/c20-12-4-6-13(7-5-12)22-18(30)21-10-2-1-3-15(32-11-25)24-19(31)23-14(17(28)29)8-9-16(26)27/h4-7,11,14-15H,1-3,8-10H2,(H,26,27)(H,28,29)(H2,21,22,30)(H2,23,24,31)/t14-,15+/m0/s1. The van der Waals surface area contributed by atoms with E-state index in [9.17, 15) is 24.0 Å². The van der Waals surface area contributed by atoms with Crippen molar-refractivity contribution in [1.29, 1.82) is 0 Å². The van der Waals surface area contributed by atoms with Crippen molar-refractivity contribution in [1.82, 2.24) is 16.0 Å². The Morgan fingerprint density at radius 1 is 1.00 bits per heavy atom. The Morgan fingerprint density at radius 3 is 2.28 bits per heavy atom. The van der Waals surface area contributed by atoms with Crippen molar-refractivity contribution >= 4 is 58.8 Å². The topological polar surface area (TPSA) is 183 Å². The molecule has 0 spiro atoms. The summed E-state index contributed by atoms with van der Waals surface area (Å²) in [5, 5.41) is 27.5. The molecule has 0 saturated carbocycles. The summed E-state index contributed by atoms with van der Waals surface area (Å²) in [4.78, 5) is 56.2. The number of nitrogens with one attached hydrogen (secondary N) is 4. The van der Waals surface area contributed by atoms with Gasteiger partial charge in [-0.05, 0) is 66.1 Å². The number of hydrogen-bond acceptors (Lipinski definition) is 6. The van der Waals surface area contributed by atoms with Gasteiger partial charge in [-0.1, -0.05) is 0 Å². The number of aliphatic carboxylic acids is 2. The number of benzene rings is 1. The number of rotatable bonds is 14. The molecule has 0 aromatic heterocycles. The van der Waals surface area contributed by atoms with E-state index in [1.165, 1.54) is 0 Å². The lowest BCUT2D eigenvalue weighted by Crippen LogP contribution is -2.49. The number of urea groups is 2. The van der Waals surface area contributed by atoms with Crippen molar-refractivity contribution < 1.29 is 38.9 Å². The van der Waals surface area contributed by atoms with Gasteiger partial charge in [0.25, 0.3) is 6.47 Å². The number of unbranched alkanes of at least 4 members (excludes halogenated alkanes) is 1. The zero-order valence-electron chi connectivity index (χ0n) is 17.0. The maximum atomic E-state index is 12.0. The minimum atomic E-state index is -1.40. The molecule has 0 aliphatic heterocycles. The molecule has 0 saturated heterocycles. The van der Waals surface area contributed by atoms with Crippen LogP contribution in [0.1, 0.15) is 32.1 Å². The normalized spacial score (nSPS) is 12.0. The number of amides is 4. The Morgan fingerprint density at radius 2 is 1.69 bits per heavy atom. The fourth-order valence-corrected chi connectivity index (χ4v) is 2.84. The summed E-state index contributed by atoms with van der Waals surface area (Å²) >= 11 is 2.16. The molecule has 0 bridgehead atoms. The van der Waals surface area contributed by atoms with Crippen molar-refractivity contribution in [3.8, 4) is 0 Å². The third-order valence-corrected chi connectivity index (χ3v) is 4.76. The molecule has 0 heterocycles. The third kappa shape index (κ3) is 11.9. The van der Waals surface area contributed by atoms with Gasteiger partial charge in [-0.2, -0.15) is 0 Å². The fraction of sp³-hybridized carbons (Fsp3) is 0.421. The van der Waals surface area contributed by atoms with Gasteiger partial charge in [0.05, 0.1) is 0 Å². The van der Waals surface area contributed by atoms with Gasteiger partial charge in [0.1, 0.15) is 6.04 Å². The molecule has 1 aromatic carbocycles. The van der Waals surface area contributed by atoms with Crippen LogP contribution in [-0.4, -0.2) is 59.5 Å². The molecule has 4 amide bonds. The summed E-state index contributed by atoms with van der Waals surface area (Å²) in [6.45, 7) is 0.489. The molecule has 13 heteroatoms. The van der Waals surface area contributed by atoms with Gasteiger partial charge < -0.3 is 36.2 Å². The highest BCUT2D eigenvalue weighted by Crippen LogP contribution is 2.10. The first kappa shape index (κ1) is 26.9. The van der Waals surface area contributed by atoms with E-state index in [0.29, 0.717) is 25.1 Å². The van der Waals surface area contributed by atoms with Crippen molar-refractivity contribution in [2.75, 3.05) is 11.9 Å². The summed E-state index contributed by atoms with van der Waals surface area (Å²) in [5.74, 6) is -2.58. The Balaban J connectivity index is 2.34. The molecule has 0 aliphatic rings. The number of anilines is 1. The van der Waals surface area contributed by atoms with Gasteiger partial charge in [0.2, 0.25) is 0 Å². The molecule has 176 valence electrons. The van der Waals surface area contributed by atoms with E-state index >= 15 is 0 Å². The van der Waals surface area contributed by atoms with Crippen LogP contribution in [0, 0.1) is 3.57 Å². The number of carboxylic acid groups (broad SMARTS) is 2. The van der Waals surface area contributed by atoms with Crippen molar-refractivity contribution in [3.05, 3.63) is 27.8 Å². The summed E-state index contributed by atoms with van der Waals surface area (Å²) in [6, 6.07) is 4.58. The van der Waals surface area contributed by atoms with E-state index in [4.69, 9.17) is 14.9 Å². The molecule has 0 aliphatic carbocycles. The minimum absolute atomic E-state index is 0.150. The molecule has 1 aromatic rings. The van der Waals surface area contributed by atoms with Crippen molar-refractivity contribution in [3.63, 3.8) is 0 Å². The number of carbonyl (C=O) groups is 5. The molecule has 32 heavy (non-hydrogen) atoms. The van der Waals surface area contributed by atoms with Gasteiger partial charge >= 0.3 is 24.0 Å². The van der Waals surface area contributed by atoms with Gasteiger partial charge in [-0.25, -0.2) is 14.4 Å². The van der Waals surface area contributed by atoms with Gasteiger partial charge in [0, 0.05) is 28.6 Å². The Hall–Kier alpha value is -3.10. The first-order chi connectivity index (χ1) is 15.2. The maximum Gasteiger partial charge on any atom is 0.326 e. The highest BCUT2D eigenvalue weighted by atomic mass is 127. The number of carbonyl (C=O) groups excluding carboxylic acids is 3. The average molecular weight is 564 g/mol. The van der Waals surface area contributed by atoms with Crippen LogP contribution in [0.3, 0.4) is 0 Å². The lowest BCUT2D eigenvalue weighted by Gasteiger charge is -2.19. The molecule has 6 N–H and O–H groups in total. The monoisotopic (exact) mass is 564 g/mol. The van der Waals surface area contributed by atoms with E-state index in [1.807, 2.05) is 12.1 Å². The predicted octanol–water partition coefficient (Wildman–Crippen LogP) is 1.70. The fourth-order valence-electron chi connectivity index (χ4n) is 2.48. The second kappa shape index (κ2) is 14.8. The Labute approximate surface area is 197 Å². The van der Waals surface area contributed by atoms with E-state index in [1.54, 1.807) is 12.1 Å².